The smallest absolute Gasteiger partial charge is 0.0547 e. The molecule has 0 saturated heterocycles. The summed E-state index contributed by atoms with van der Waals surface area (Å²) >= 11 is 0. The number of hydrogen-bond acceptors (Lipinski definition) is 0. The lowest BCUT2D eigenvalue weighted by Crippen LogP contribution is -1.95. The third-order valence-electron chi connectivity index (χ3n) is 10.8. The Kier molecular flexibility index (Phi) is 7.71. The van der Waals surface area contributed by atoms with Gasteiger partial charge in [0, 0.05) is 16.5 Å². The first-order valence-corrected chi connectivity index (χ1v) is 18.1. The maximum atomic E-state index is 4.06. The van der Waals surface area contributed by atoms with E-state index in [4.69, 9.17) is 0 Å². The highest BCUT2D eigenvalue weighted by Crippen LogP contribution is 2.39. The minimum Gasteiger partial charge on any atom is -0.309 e. The summed E-state index contributed by atoms with van der Waals surface area (Å²) in [6.07, 6.45) is 6.24. The van der Waals surface area contributed by atoms with Gasteiger partial charge in [0.05, 0.1) is 11.0 Å². The number of hydrogen-bond donors (Lipinski definition) is 0. The van der Waals surface area contributed by atoms with Gasteiger partial charge in [0.1, 0.15) is 0 Å². The topological polar surface area (TPSA) is 4.93 Å². The molecular formula is C51H39N. The van der Waals surface area contributed by atoms with E-state index in [1.54, 1.807) is 0 Å². The van der Waals surface area contributed by atoms with E-state index in [1.807, 2.05) is 6.08 Å². The predicted molar refractivity (Wildman–Crippen MR) is 227 cm³/mol. The van der Waals surface area contributed by atoms with Crippen molar-refractivity contribution in [2.75, 3.05) is 0 Å². The molecule has 0 radical (unpaired) electrons. The molecule has 0 fully saturated rings. The van der Waals surface area contributed by atoms with Crippen LogP contribution in [0.4, 0.5) is 0 Å². The van der Waals surface area contributed by atoms with Crippen LogP contribution < -0.4 is 0 Å². The standard InChI is InChI=1S/C51H39N/c1-5-14-40(33(3)6-2)48-30-36(24-23-34(48)4)38-26-28-47-46-21-11-12-22-50(46)52(51(47)32-38)39-16-13-15-35(29-39)37-25-27-45-43-19-8-7-17-41(43)42-18-9-10-20-44(42)49(45)31-37/h5-32H,2H2,1,3-4H3/b14-5-,40-33+. The Morgan fingerprint density at radius 3 is 1.73 bits per heavy atom. The zero-order valence-corrected chi connectivity index (χ0v) is 29.8. The average molecular weight is 666 g/mol. The maximum absolute atomic E-state index is 4.06. The van der Waals surface area contributed by atoms with Gasteiger partial charge in [-0.2, -0.15) is 0 Å². The Hall–Kier alpha value is -6.44. The Labute approximate surface area is 305 Å². The number of aryl methyl sites for hydroxylation is 1. The van der Waals surface area contributed by atoms with Crippen LogP contribution in [0, 0.1) is 6.92 Å². The van der Waals surface area contributed by atoms with Crippen molar-refractivity contribution in [1.82, 2.24) is 4.57 Å². The van der Waals surface area contributed by atoms with Crippen molar-refractivity contribution < 1.29 is 0 Å². The van der Waals surface area contributed by atoms with Crippen LogP contribution in [0.25, 0.3) is 87.6 Å². The van der Waals surface area contributed by atoms with Gasteiger partial charge in [0.25, 0.3) is 0 Å². The minimum atomic E-state index is 1.15. The van der Waals surface area contributed by atoms with Gasteiger partial charge >= 0.3 is 0 Å². The van der Waals surface area contributed by atoms with Gasteiger partial charge in [0.2, 0.25) is 0 Å². The first-order valence-electron chi connectivity index (χ1n) is 18.1. The molecule has 1 heteroatoms. The highest BCUT2D eigenvalue weighted by Gasteiger charge is 2.16. The molecule has 0 spiro atoms. The number of nitrogens with zero attached hydrogens (tertiary/aromatic N) is 1. The number of rotatable bonds is 6. The highest BCUT2D eigenvalue weighted by atomic mass is 15.0. The number of allylic oxidation sites excluding steroid dienone is 5. The molecule has 0 bridgehead atoms. The van der Waals surface area contributed by atoms with Gasteiger partial charge in [-0.25, -0.2) is 0 Å². The van der Waals surface area contributed by atoms with Crippen molar-refractivity contribution in [3.05, 3.63) is 193 Å². The molecule has 0 aliphatic rings. The maximum Gasteiger partial charge on any atom is 0.0547 e. The van der Waals surface area contributed by atoms with Crippen molar-refractivity contribution >= 4 is 59.7 Å². The van der Waals surface area contributed by atoms with Crippen LogP contribution in [0.1, 0.15) is 25.0 Å². The zero-order chi connectivity index (χ0) is 35.3. The molecule has 9 aromatic rings. The second-order valence-electron chi connectivity index (χ2n) is 13.8. The SMILES string of the molecule is C=C/C(C)=C(\C=C/C)c1cc(-c2ccc3c4ccccc4n(-c4cccc(-c5ccc6c7ccccc7c7ccccc7c6c5)c4)c3c2)ccc1C. The molecule has 1 aromatic heterocycles. The molecule has 0 amide bonds. The third-order valence-corrected chi connectivity index (χ3v) is 10.8. The van der Waals surface area contributed by atoms with Crippen LogP contribution in [0.2, 0.25) is 0 Å². The summed E-state index contributed by atoms with van der Waals surface area (Å²) in [4.78, 5) is 0. The number of aromatic nitrogens is 1. The van der Waals surface area contributed by atoms with Crippen LogP contribution in [-0.4, -0.2) is 4.57 Å². The van der Waals surface area contributed by atoms with Crippen LogP contribution >= 0.6 is 0 Å². The summed E-state index contributed by atoms with van der Waals surface area (Å²) in [6, 6.07) is 56.1. The number of para-hydroxylation sites is 1. The molecule has 0 aliphatic heterocycles. The molecule has 248 valence electrons. The van der Waals surface area contributed by atoms with Gasteiger partial charge < -0.3 is 4.57 Å². The second kappa shape index (κ2) is 12.7. The summed E-state index contributed by atoms with van der Waals surface area (Å²) in [5.74, 6) is 0. The molecule has 0 aliphatic carbocycles. The summed E-state index contributed by atoms with van der Waals surface area (Å²) in [7, 11) is 0. The van der Waals surface area contributed by atoms with Crippen molar-refractivity contribution in [1.29, 1.82) is 0 Å². The third kappa shape index (κ3) is 5.09. The average Bonchev–Trinajstić information content (AvgIpc) is 3.53. The molecule has 8 aromatic carbocycles. The molecule has 52 heavy (non-hydrogen) atoms. The van der Waals surface area contributed by atoms with Gasteiger partial charge in [-0.15, -0.1) is 0 Å². The molecule has 0 atom stereocenters. The lowest BCUT2D eigenvalue weighted by atomic mass is 9.92. The Bertz CT molecular complexity index is 2910. The fraction of sp³-hybridized carbons (Fsp3) is 0.0588. The quantitative estimate of drug-likeness (QED) is 0.123. The molecular weight excluding hydrogens is 627 g/mol. The van der Waals surface area contributed by atoms with Gasteiger partial charge in [-0.3, -0.25) is 0 Å². The fourth-order valence-electron chi connectivity index (χ4n) is 8.14. The van der Waals surface area contributed by atoms with E-state index < -0.39 is 0 Å². The number of benzene rings is 8. The van der Waals surface area contributed by atoms with Crippen LogP contribution in [0.5, 0.6) is 0 Å². The van der Waals surface area contributed by atoms with Crippen LogP contribution in [0.15, 0.2) is 182 Å². The molecule has 0 saturated carbocycles. The minimum absolute atomic E-state index is 1.15. The van der Waals surface area contributed by atoms with Crippen LogP contribution in [-0.2, 0) is 0 Å². The van der Waals surface area contributed by atoms with Crippen molar-refractivity contribution in [3.8, 4) is 27.9 Å². The monoisotopic (exact) mass is 665 g/mol. The summed E-state index contributed by atoms with van der Waals surface area (Å²) in [6.45, 7) is 10.5. The van der Waals surface area contributed by atoms with E-state index in [-0.39, 0.29) is 0 Å². The van der Waals surface area contributed by atoms with E-state index in [2.05, 4.69) is 196 Å². The summed E-state index contributed by atoms with van der Waals surface area (Å²) < 4.78 is 2.43. The zero-order valence-electron chi connectivity index (χ0n) is 29.8. The predicted octanol–water partition coefficient (Wildman–Crippen LogP) is 14.4. The molecule has 0 N–H and O–H groups in total. The van der Waals surface area contributed by atoms with Crippen molar-refractivity contribution in [2.24, 2.45) is 0 Å². The normalized spacial score (nSPS) is 12.4. The summed E-state index contributed by atoms with van der Waals surface area (Å²) in [5, 5.41) is 10.3. The fourth-order valence-corrected chi connectivity index (χ4v) is 8.14. The van der Waals surface area contributed by atoms with Gasteiger partial charge in [0.15, 0.2) is 0 Å². The number of fused-ring (bicyclic) bond motifs is 9. The van der Waals surface area contributed by atoms with E-state index in [1.165, 1.54) is 98.7 Å². The summed E-state index contributed by atoms with van der Waals surface area (Å²) in [5.41, 5.74) is 13.2. The molecule has 1 heterocycles. The largest absolute Gasteiger partial charge is 0.309 e. The Morgan fingerprint density at radius 2 is 1.04 bits per heavy atom. The second-order valence-corrected chi connectivity index (χ2v) is 13.8. The highest BCUT2D eigenvalue weighted by molar-refractivity contribution is 6.25. The van der Waals surface area contributed by atoms with Gasteiger partial charge in [-0.1, -0.05) is 140 Å². The molecule has 0 unspecified atom stereocenters. The van der Waals surface area contributed by atoms with Crippen molar-refractivity contribution in [3.63, 3.8) is 0 Å². The van der Waals surface area contributed by atoms with E-state index in [0.717, 1.165) is 5.69 Å². The lowest BCUT2D eigenvalue weighted by Gasteiger charge is -2.14. The Balaban J connectivity index is 1.22. The Morgan fingerprint density at radius 1 is 0.500 bits per heavy atom. The van der Waals surface area contributed by atoms with Gasteiger partial charge in [-0.05, 0) is 134 Å². The molecule has 1 nitrogen and oxygen atoms in total. The van der Waals surface area contributed by atoms with Crippen LogP contribution in [0.3, 0.4) is 0 Å². The van der Waals surface area contributed by atoms with E-state index in [9.17, 15) is 0 Å². The lowest BCUT2D eigenvalue weighted by molar-refractivity contribution is 1.18. The van der Waals surface area contributed by atoms with Crippen molar-refractivity contribution in [2.45, 2.75) is 20.8 Å². The molecule has 9 rings (SSSR count). The first kappa shape index (κ1) is 31.5. The van der Waals surface area contributed by atoms with E-state index >= 15 is 0 Å². The first-order chi connectivity index (χ1) is 25.5. The van der Waals surface area contributed by atoms with E-state index in [0.29, 0.717) is 0 Å².